The number of para-hydroxylation sites is 3. The van der Waals surface area contributed by atoms with Gasteiger partial charge < -0.3 is 13.6 Å². The highest BCUT2D eigenvalue weighted by atomic mass is 16.3. The highest BCUT2D eigenvalue weighted by molar-refractivity contribution is 6.30. The van der Waals surface area contributed by atoms with Crippen molar-refractivity contribution in [2.24, 2.45) is 0 Å². The molecule has 6 nitrogen and oxygen atoms in total. The number of fused-ring (bicyclic) bond motifs is 12. The van der Waals surface area contributed by atoms with Crippen LogP contribution in [0.3, 0.4) is 0 Å². The van der Waals surface area contributed by atoms with Gasteiger partial charge in [0.2, 0.25) is 0 Å². The molecule has 0 saturated heterocycles. The molecule has 0 aliphatic carbocycles. The molecule has 0 N–H and O–H groups in total. The van der Waals surface area contributed by atoms with E-state index in [4.69, 9.17) is 19.4 Å². The zero-order chi connectivity index (χ0) is 44.0. The molecule has 6 heteroatoms. The van der Waals surface area contributed by atoms with Crippen LogP contribution in [0.2, 0.25) is 0 Å². The van der Waals surface area contributed by atoms with Gasteiger partial charge in [-0.2, -0.15) is 0 Å². The summed E-state index contributed by atoms with van der Waals surface area (Å²) in [6.07, 6.45) is 0. The monoisotopic (exact) mass is 855 g/mol. The van der Waals surface area contributed by atoms with Crippen LogP contribution in [0, 0.1) is 0 Å². The van der Waals surface area contributed by atoms with E-state index >= 15 is 0 Å². The van der Waals surface area contributed by atoms with E-state index in [0.717, 1.165) is 99.2 Å². The number of rotatable bonds is 6. The Morgan fingerprint density at radius 1 is 0.328 bits per heavy atom. The molecule has 4 aromatic heterocycles. The predicted octanol–water partition coefficient (Wildman–Crippen LogP) is 15.8. The fourth-order valence-corrected chi connectivity index (χ4v) is 10.3. The maximum atomic E-state index is 6.95. The van der Waals surface area contributed by atoms with E-state index in [1.165, 1.54) is 16.3 Å². The van der Waals surface area contributed by atoms with Crippen LogP contribution in [0.15, 0.2) is 229 Å². The summed E-state index contributed by atoms with van der Waals surface area (Å²) in [4.78, 5) is 15.8. The first-order valence-electron chi connectivity index (χ1n) is 22.6. The van der Waals surface area contributed by atoms with Gasteiger partial charge in [-0.1, -0.05) is 176 Å². The normalized spacial score (nSPS) is 11.9. The van der Waals surface area contributed by atoms with Crippen molar-refractivity contribution in [2.75, 3.05) is 0 Å². The first kappa shape index (κ1) is 37.3. The lowest BCUT2D eigenvalue weighted by atomic mass is 10.0. The Morgan fingerprint density at radius 2 is 0.910 bits per heavy atom. The van der Waals surface area contributed by atoms with Gasteiger partial charge in [-0.3, -0.25) is 0 Å². The molecule has 0 radical (unpaired) electrons. The van der Waals surface area contributed by atoms with Crippen molar-refractivity contribution in [3.05, 3.63) is 224 Å². The first-order chi connectivity index (χ1) is 33.2. The predicted molar refractivity (Wildman–Crippen MR) is 275 cm³/mol. The Kier molecular flexibility index (Phi) is 8.18. The van der Waals surface area contributed by atoms with Crippen LogP contribution in [0.5, 0.6) is 0 Å². The largest absolute Gasteiger partial charge is 0.455 e. The summed E-state index contributed by atoms with van der Waals surface area (Å²) in [5, 5.41) is 8.86. The second kappa shape index (κ2) is 14.7. The molecular weight excluding hydrogens is 819 g/mol. The molecule has 0 atom stereocenters. The third kappa shape index (κ3) is 5.80. The summed E-state index contributed by atoms with van der Waals surface area (Å²) in [6, 6.07) is 79.2. The second-order valence-electron chi connectivity index (χ2n) is 17.1. The summed E-state index contributed by atoms with van der Waals surface area (Å²) >= 11 is 0. The average Bonchev–Trinajstić information content (AvgIpc) is 4.07. The molecule has 0 aliphatic rings. The van der Waals surface area contributed by atoms with Crippen molar-refractivity contribution in [3.8, 4) is 56.7 Å². The maximum Gasteiger partial charge on any atom is 0.166 e. The van der Waals surface area contributed by atoms with Gasteiger partial charge in [0.15, 0.2) is 17.5 Å². The number of benzene rings is 10. The van der Waals surface area contributed by atoms with Crippen LogP contribution >= 0.6 is 0 Å². The fraction of sp³-hybridized carbons (Fsp3) is 0. The fourth-order valence-electron chi connectivity index (χ4n) is 10.3. The summed E-state index contributed by atoms with van der Waals surface area (Å²) in [6.45, 7) is 0. The van der Waals surface area contributed by atoms with Crippen LogP contribution in [-0.4, -0.2) is 24.1 Å². The van der Waals surface area contributed by atoms with Crippen molar-refractivity contribution in [1.82, 2.24) is 24.1 Å². The van der Waals surface area contributed by atoms with Crippen molar-refractivity contribution in [1.29, 1.82) is 0 Å². The van der Waals surface area contributed by atoms with Crippen molar-refractivity contribution < 1.29 is 4.42 Å². The molecule has 0 aliphatic heterocycles. The summed E-state index contributed by atoms with van der Waals surface area (Å²) < 4.78 is 11.8. The third-order valence-electron chi connectivity index (χ3n) is 13.3. The van der Waals surface area contributed by atoms with E-state index in [0.29, 0.717) is 17.5 Å². The molecule has 4 heterocycles. The molecule has 67 heavy (non-hydrogen) atoms. The minimum Gasteiger partial charge on any atom is -0.455 e. The van der Waals surface area contributed by atoms with Gasteiger partial charge in [0.25, 0.3) is 0 Å². The van der Waals surface area contributed by atoms with Gasteiger partial charge in [0.1, 0.15) is 11.2 Å². The number of hydrogen-bond acceptors (Lipinski definition) is 4. The van der Waals surface area contributed by atoms with E-state index in [1.54, 1.807) is 0 Å². The van der Waals surface area contributed by atoms with Crippen molar-refractivity contribution in [2.45, 2.75) is 0 Å². The Labute approximate surface area is 384 Å². The minimum atomic E-state index is 0.577. The van der Waals surface area contributed by atoms with E-state index in [1.807, 2.05) is 42.5 Å². The van der Waals surface area contributed by atoms with Crippen LogP contribution in [0.1, 0.15) is 0 Å². The zero-order valence-electron chi connectivity index (χ0n) is 36.0. The highest BCUT2D eigenvalue weighted by Crippen LogP contribution is 2.47. The van der Waals surface area contributed by atoms with Gasteiger partial charge in [0, 0.05) is 60.4 Å². The maximum absolute atomic E-state index is 6.95. The quantitative estimate of drug-likeness (QED) is 0.167. The zero-order valence-corrected chi connectivity index (χ0v) is 36.0. The molecule has 312 valence electrons. The third-order valence-corrected chi connectivity index (χ3v) is 13.3. The molecule has 14 rings (SSSR count). The Morgan fingerprint density at radius 3 is 1.69 bits per heavy atom. The van der Waals surface area contributed by atoms with E-state index in [-0.39, 0.29) is 0 Å². The SMILES string of the molecule is c1ccc(-c2nc(-c3ccccc3)nc(-c3cc4c5ccccc5oc4c4c5ccc6ccccc6c5n(-c5cccc(-c6ccc7c8ccccc8n(-c8ccccc8)c7c6)c5)c34)n2)cc1. The standard InChI is InChI=1S/C61H37N5O/c1-4-18-39(19-5-1)59-62-60(40-20-6-2-7-21-40)64-61(63-59)51-37-50-48-28-13-15-30-54(48)67-58(50)55-49-34-31-38-17-10-11-26-45(38)56(49)66(57(51)55)44-25-16-22-41(35-44)42-32-33-47-46-27-12-14-29-52(46)65(53(47)36-42)43-23-8-3-9-24-43/h1-37H. The van der Waals surface area contributed by atoms with E-state index in [9.17, 15) is 0 Å². The molecule has 0 fully saturated rings. The molecule has 0 bridgehead atoms. The molecule has 0 saturated carbocycles. The molecule has 0 amide bonds. The summed E-state index contributed by atoms with van der Waals surface area (Å²) in [7, 11) is 0. The van der Waals surface area contributed by atoms with Crippen molar-refractivity contribution in [3.63, 3.8) is 0 Å². The molecule has 0 spiro atoms. The van der Waals surface area contributed by atoms with E-state index in [2.05, 4.69) is 191 Å². The Balaban J connectivity index is 1.10. The molecule has 10 aromatic carbocycles. The minimum absolute atomic E-state index is 0.577. The van der Waals surface area contributed by atoms with Crippen LogP contribution in [0.25, 0.3) is 133 Å². The molecule has 0 unspecified atom stereocenters. The smallest absolute Gasteiger partial charge is 0.166 e. The van der Waals surface area contributed by atoms with Crippen molar-refractivity contribution >= 4 is 76.3 Å². The lowest BCUT2D eigenvalue weighted by Gasteiger charge is -2.15. The van der Waals surface area contributed by atoms with E-state index < -0.39 is 0 Å². The van der Waals surface area contributed by atoms with Gasteiger partial charge in [0.05, 0.1) is 27.5 Å². The van der Waals surface area contributed by atoms with Gasteiger partial charge in [-0.05, 0) is 65.0 Å². The average molecular weight is 856 g/mol. The number of furan rings is 1. The van der Waals surface area contributed by atoms with Crippen LogP contribution in [-0.2, 0) is 0 Å². The summed E-state index contributed by atoms with van der Waals surface area (Å²) in [5.41, 5.74) is 13.1. The lowest BCUT2D eigenvalue weighted by molar-refractivity contribution is 0.673. The summed E-state index contributed by atoms with van der Waals surface area (Å²) in [5.74, 6) is 1.79. The Hall–Kier alpha value is -9.13. The van der Waals surface area contributed by atoms with Crippen LogP contribution in [0.4, 0.5) is 0 Å². The molecule has 14 aromatic rings. The number of aromatic nitrogens is 5. The molecular formula is C61H37N5O. The van der Waals surface area contributed by atoms with Crippen LogP contribution < -0.4 is 0 Å². The highest BCUT2D eigenvalue weighted by Gasteiger charge is 2.26. The second-order valence-corrected chi connectivity index (χ2v) is 17.1. The van der Waals surface area contributed by atoms with Gasteiger partial charge >= 0.3 is 0 Å². The van der Waals surface area contributed by atoms with Gasteiger partial charge in [-0.25, -0.2) is 15.0 Å². The first-order valence-corrected chi connectivity index (χ1v) is 22.6. The topological polar surface area (TPSA) is 61.7 Å². The number of nitrogens with zero attached hydrogens (tertiary/aromatic N) is 5. The number of hydrogen-bond donors (Lipinski definition) is 0. The Bertz CT molecular complexity index is 4210. The lowest BCUT2D eigenvalue weighted by Crippen LogP contribution is -2.02. The van der Waals surface area contributed by atoms with Gasteiger partial charge in [-0.15, -0.1) is 0 Å².